The van der Waals surface area contributed by atoms with Gasteiger partial charge in [-0.25, -0.2) is 0 Å². The first-order valence-electron chi connectivity index (χ1n) is 3.79. The number of hydrogen-bond acceptors (Lipinski definition) is 3. The van der Waals surface area contributed by atoms with Gasteiger partial charge in [0.1, 0.15) is 17.7 Å². The van der Waals surface area contributed by atoms with Crippen LogP contribution in [0.25, 0.3) is 0 Å². The van der Waals surface area contributed by atoms with E-state index in [1.165, 1.54) is 17.2 Å². The fraction of sp³-hybridized carbons (Fsp3) is 0. The van der Waals surface area contributed by atoms with Crippen molar-refractivity contribution in [2.75, 3.05) is 0 Å². The minimum absolute atomic E-state index is 0.0612. The first-order chi connectivity index (χ1) is 7.17. The van der Waals surface area contributed by atoms with Crippen molar-refractivity contribution in [2.24, 2.45) is 0 Å². The lowest BCUT2D eigenvalue weighted by Crippen LogP contribution is -1.73. The van der Waals surface area contributed by atoms with Crippen LogP contribution in [0.2, 0.25) is 10.0 Å². The molecule has 74 valence electrons. The molecule has 0 N–H and O–H groups in total. The molecule has 0 aliphatic rings. The summed E-state index contributed by atoms with van der Waals surface area (Å²) >= 11 is 12.8. The van der Waals surface area contributed by atoms with Crippen LogP contribution in [0.3, 0.4) is 0 Å². The van der Waals surface area contributed by atoms with Gasteiger partial charge in [-0.3, -0.25) is 0 Å². The van der Waals surface area contributed by atoms with E-state index in [0.717, 1.165) is 4.90 Å². The van der Waals surface area contributed by atoms with Gasteiger partial charge in [0.15, 0.2) is 0 Å². The second-order valence-electron chi connectivity index (χ2n) is 2.45. The number of benzene rings is 1. The van der Waals surface area contributed by atoms with Crippen LogP contribution in [0, 0.1) is 22.7 Å². The maximum Gasteiger partial charge on any atom is 0.136 e. The number of hydrogen-bond donors (Lipinski definition) is 0. The Balaban J connectivity index is 2.84. The van der Waals surface area contributed by atoms with Crippen molar-refractivity contribution < 1.29 is 0 Å². The molecule has 0 saturated carbocycles. The normalized spacial score (nSPS) is 8.80. The molecular formula is C10H4Cl2N2S. The Bertz CT molecular complexity index is 467. The standard InChI is InChI=1S/C10H4Cl2N2S/c11-9-2-1-8(3-10(9)12)15-6-7(4-13)5-14/h1-3,6H. The largest absolute Gasteiger partial charge is 0.192 e. The molecule has 0 aliphatic carbocycles. The van der Waals surface area contributed by atoms with E-state index in [2.05, 4.69) is 0 Å². The van der Waals surface area contributed by atoms with E-state index in [1.54, 1.807) is 30.3 Å². The molecule has 5 heteroatoms. The van der Waals surface area contributed by atoms with E-state index in [0.29, 0.717) is 10.0 Å². The van der Waals surface area contributed by atoms with Crippen molar-refractivity contribution in [3.8, 4) is 12.1 Å². The molecule has 0 amide bonds. The van der Waals surface area contributed by atoms with Crippen molar-refractivity contribution in [1.29, 1.82) is 10.5 Å². The fourth-order valence-corrected chi connectivity index (χ4v) is 1.81. The fourth-order valence-electron chi connectivity index (χ4n) is 0.755. The lowest BCUT2D eigenvalue weighted by molar-refractivity contribution is 1.46. The monoisotopic (exact) mass is 254 g/mol. The van der Waals surface area contributed by atoms with Crippen LogP contribution >= 0.6 is 35.0 Å². The predicted octanol–water partition coefficient (Wildman–Crippen LogP) is 4.02. The molecule has 0 heterocycles. The molecule has 0 radical (unpaired) electrons. The summed E-state index contributed by atoms with van der Waals surface area (Å²) in [5.74, 6) is 0. The summed E-state index contributed by atoms with van der Waals surface area (Å²) in [5, 5.41) is 19.4. The number of halogens is 2. The van der Waals surface area contributed by atoms with Gasteiger partial charge in [-0.15, -0.1) is 0 Å². The molecule has 1 rings (SSSR count). The van der Waals surface area contributed by atoms with Crippen LogP contribution in [0.4, 0.5) is 0 Å². The Labute approximate surface area is 102 Å². The van der Waals surface area contributed by atoms with Gasteiger partial charge >= 0.3 is 0 Å². The smallest absolute Gasteiger partial charge is 0.136 e. The van der Waals surface area contributed by atoms with Crippen LogP contribution in [-0.4, -0.2) is 0 Å². The molecular weight excluding hydrogens is 251 g/mol. The van der Waals surface area contributed by atoms with Gasteiger partial charge in [0.2, 0.25) is 0 Å². The molecule has 2 nitrogen and oxygen atoms in total. The maximum atomic E-state index is 8.50. The van der Waals surface area contributed by atoms with Gasteiger partial charge in [-0.05, 0) is 18.2 Å². The molecule has 1 aromatic carbocycles. The molecule has 0 fully saturated rings. The van der Waals surface area contributed by atoms with Crippen LogP contribution in [0.1, 0.15) is 0 Å². The SMILES string of the molecule is N#CC(C#N)=CSc1ccc(Cl)c(Cl)c1. The summed E-state index contributed by atoms with van der Waals surface area (Å²) in [4.78, 5) is 0.826. The highest BCUT2D eigenvalue weighted by Crippen LogP contribution is 2.28. The van der Waals surface area contributed by atoms with E-state index in [1.807, 2.05) is 0 Å². The van der Waals surface area contributed by atoms with Crippen molar-refractivity contribution in [3.63, 3.8) is 0 Å². The predicted molar refractivity (Wildman–Crippen MR) is 61.6 cm³/mol. The van der Waals surface area contributed by atoms with Crippen molar-refractivity contribution in [2.45, 2.75) is 4.90 Å². The lowest BCUT2D eigenvalue weighted by Gasteiger charge is -1.98. The summed E-state index contributed by atoms with van der Waals surface area (Å²) in [6, 6.07) is 8.64. The zero-order valence-electron chi connectivity index (χ0n) is 7.37. The van der Waals surface area contributed by atoms with Crippen LogP contribution in [0.5, 0.6) is 0 Å². The van der Waals surface area contributed by atoms with Gasteiger partial charge < -0.3 is 0 Å². The highest BCUT2D eigenvalue weighted by atomic mass is 35.5. The van der Waals surface area contributed by atoms with E-state index < -0.39 is 0 Å². The Morgan fingerprint density at radius 3 is 2.40 bits per heavy atom. The third-order valence-corrected chi connectivity index (χ3v) is 3.06. The first-order valence-corrected chi connectivity index (χ1v) is 5.43. The lowest BCUT2D eigenvalue weighted by atomic mass is 10.4. The van der Waals surface area contributed by atoms with Crippen LogP contribution < -0.4 is 0 Å². The Hall–Kier alpha value is -1.13. The summed E-state index contributed by atoms with van der Waals surface area (Å²) in [6.45, 7) is 0. The molecule has 1 aromatic rings. The number of thioether (sulfide) groups is 1. The minimum Gasteiger partial charge on any atom is -0.192 e. The average molecular weight is 255 g/mol. The molecule has 0 unspecified atom stereocenters. The van der Waals surface area contributed by atoms with Crippen LogP contribution in [-0.2, 0) is 0 Å². The highest BCUT2D eigenvalue weighted by molar-refractivity contribution is 8.02. The third kappa shape index (κ3) is 3.49. The minimum atomic E-state index is 0.0612. The number of rotatable bonds is 2. The number of allylic oxidation sites excluding steroid dienone is 1. The Morgan fingerprint density at radius 2 is 1.87 bits per heavy atom. The average Bonchev–Trinajstić information content (AvgIpc) is 2.24. The zero-order chi connectivity index (χ0) is 11.3. The van der Waals surface area contributed by atoms with Gasteiger partial charge in [0.25, 0.3) is 0 Å². The summed E-state index contributed by atoms with van der Waals surface area (Å²) in [7, 11) is 0. The quantitative estimate of drug-likeness (QED) is 0.592. The second kappa shape index (κ2) is 5.68. The third-order valence-electron chi connectivity index (χ3n) is 1.44. The van der Waals surface area contributed by atoms with Gasteiger partial charge in [-0.1, -0.05) is 35.0 Å². The van der Waals surface area contributed by atoms with E-state index in [9.17, 15) is 0 Å². The maximum absolute atomic E-state index is 8.50. The topological polar surface area (TPSA) is 47.6 Å². The second-order valence-corrected chi connectivity index (χ2v) is 4.21. The van der Waals surface area contributed by atoms with Crippen molar-refractivity contribution in [3.05, 3.63) is 39.2 Å². The molecule has 0 aliphatic heterocycles. The Morgan fingerprint density at radius 1 is 1.20 bits per heavy atom. The van der Waals surface area contributed by atoms with E-state index in [-0.39, 0.29) is 5.57 Å². The number of nitrogens with zero attached hydrogens (tertiary/aromatic N) is 2. The molecule has 0 bridgehead atoms. The van der Waals surface area contributed by atoms with Gasteiger partial charge in [-0.2, -0.15) is 10.5 Å². The van der Waals surface area contributed by atoms with Crippen molar-refractivity contribution >= 4 is 35.0 Å². The van der Waals surface area contributed by atoms with Crippen molar-refractivity contribution in [1.82, 2.24) is 0 Å². The molecule has 15 heavy (non-hydrogen) atoms. The number of nitriles is 2. The van der Waals surface area contributed by atoms with E-state index in [4.69, 9.17) is 33.7 Å². The van der Waals surface area contributed by atoms with Crippen LogP contribution in [0.15, 0.2) is 34.1 Å². The highest BCUT2D eigenvalue weighted by Gasteiger charge is 1.99. The summed E-state index contributed by atoms with van der Waals surface area (Å²) < 4.78 is 0. The zero-order valence-corrected chi connectivity index (χ0v) is 9.70. The molecule has 0 saturated heterocycles. The summed E-state index contributed by atoms with van der Waals surface area (Å²) in [5.41, 5.74) is 0.0612. The molecule has 0 atom stereocenters. The first kappa shape index (κ1) is 11.9. The summed E-state index contributed by atoms with van der Waals surface area (Å²) in [6.07, 6.45) is 0. The Kier molecular flexibility index (Phi) is 4.52. The van der Waals surface area contributed by atoms with E-state index >= 15 is 0 Å². The van der Waals surface area contributed by atoms with Gasteiger partial charge in [0.05, 0.1) is 10.0 Å². The van der Waals surface area contributed by atoms with Gasteiger partial charge in [0, 0.05) is 10.3 Å². The molecule has 0 spiro atoms. The molecule has 0 aromatic heterocycles.